The van der Waals surface area contributed by atoms with E-state index in [0.29, 0.717) is 22.5 Å². The van der Waals surface area contributed by atoms with Crippen LogP contribution in [0.1, 0.15) is 27.1 Å². The number of carbonyl (C=O) groups is 3. The second-order valence-corrected chi connectivity index (χ2v) is 7.39. The number of hydrogen-bond acceptors (Lipinski definition) is 4. The third-order valence-electron chi connectivity index (χ3n) is 5.00. The molecule has 164 valence electrons. The molecule has 3 N–H and O–H groups in total. The number of amides is 3. The quantitative estimate of drug-likeness (QED) is 0.402. The van der Waals surface area contributed by atoms with Gasteiger partial charge >= 0.3 is 0 Å². The fourth-order valence-electron chi connectivity index (χ4n) is 3.32. The lowest BCUT2D eigenvalue weighted by atomic mass is 10.1. The molecule has 0 saturated heterocycles. The van der Waals surface area contributed by atoms with Crippen molar-refractivity contribution < 1.29 is 14.4 Å². The first-order chi connectivity index (χ1) is 16.1. The molecule has 7 nitrogen and oxygen atoms in total. The smallest absolute Gasteiger partial charge is 0.255 e. The Kier molecular flexibility index (Phi) is 6.70. The Bertz CT molecular complexity index is 1310. The molecule has 3 amide bonds. The van der Waals surface area contributed by atoms with Crippen molar-refractivity contribution in [3.63, 3.8) is 0 Å². The van der Waals surface area contributed by atoms with Gasteiger partial charge in [-0.1, -0.05) is 36.4 Å². The van der Waals surface area contributed by atoms with E-state index in [2.05, 4.69) is 20.9 Å². The van der Waals surface area contributed by atoms with Crippen LogP contribution in [0.2, 0.25) is 0 Å². The standard InChI is InChI=1S/C26H22N4O3/c31-24(12-15-28-25(32)21-9-8-18-4-1-2-5-19(18)16-21)29-23-7-3-6-20(17-23)26(33)30-22-10-13-27-14-11-22/h1-11,13-14,16-17H,12,15H2,(H,28,32)(H,29,31)(H,27,30,33). The van der Waals surface area contributed by atoms with Crippen LogP contribution in [-0.2, 0) is 4.79 Å². The van der Waals surface area contributed by atoms with Gasteiger partial charge in [-0.3, -0.25) is 19.4 Å². The van der Waals surface area contributed by atoms with E-state index in [1.807, 2.05) is 36.4 Å². The van der Waals surface area contributed by atoms with Crippen molar-refractivity contribution in [3.8, 4) is 0 Å². The third-order valence-corrected chi connectivity index (χ3v) is 5.00. The van der Waals surface area contributed by atoms with Crippen molar-refractivity contribution in [2.24, 2.45) is 0 Å². The molecule has 0 aliphatic heterocycles. The topological polar surface area (TPSA) is 100 Å². The van der Waals surface area contributed by atoms with E-state index in [1.165, 1.54) is 0 Å². The minimum atomic E-state index is -0.292. The molecule has 0 aliphatic carbocycles. The monoisotopic (exact) mass is 438 g/mol. The molecule has 0 saturated carbocycles. The summed E-state index contributed by atoms with van der Waals surface area (Å²) in [5, 5.41) is 10.3. The van der Waals surface area contributed by atoms with Crippen LogP contribution in [0.5, 0.6) is 0 Å². The van der Waals surface area contributed by atoms with Crippen LogP contribution in [0.15, 0.2) is 91.3 Å². The van der Waals surface area contributed by atoms with Crippen LogP contribution in [0.25, 0.3) is 10.8 Å². The van der Waals surface area contributed by atoms with Crippen LogP contribution in [0.3, 0.4) is 0 Å². The summed E-state index contributed by atoms with van der Waals surface area (Å²) in [6.07, 6.45) is 3.28. The summed E-state index contributed by atoms with van der Waals surface area (Å²) >= 11 is 0. The molecule has 0 fully saturated rings. The molecule has 1 aromatic heterocycles. The maximum Gasteiger partial charge on any atom is 0.255 e. The lowest BCUT2D eigenvalue weighted by Gasteiger charge is -2.09. The van der Waals surface area contributed by atoms with Gasteiger partial charge in [0.05, 0.1) is 0 Å². The lowest BCUT2D eigenvalue weighted by Crippen LogP contribution is -2.27. The van der Waals surface area contributed by atoms with Gasteiger partial charge < -0.3 is 16.0 Å². The number of pyridine rings is 1. The zero-order valence-corrected chi connectivity index (χ0v) is 17.7. The maximum absolute atomic E-state index is 12.4. The van der Waals surface area contributed by atoms with Crippen molar-refractivity contribution in [3.05, 3.63) is 102 Å². The van der Waals surface area contributed by atoms with Gasteiger partial charge in [0.1, 0.15) is 0 Å². The summed E-state index contributed by atoms with van der Waals surface area (Å²) in [5.74, 6) is -0.788. The van der Waals surface area contributed by atoms with Crippen LogP contribution >= 0.6 is 0 Å². The van der Waals surface area contributed by atoms with E-state index >= 15 is 0 Å². The molecular formula is C26H22N4O3. The first kappa shape index (κ1) is 21.7. The van der Waals surface area contributed by atoms with Crippen molar-refractivity contribution in [1.29, 1.82) is 0 Å². The molecule has 1 heterocycles. The van der Waals surface area contributed by atoms with E-state index in [4.69, 9.17) is 0 Å². The van der Waals surface area contributed by atoms with Crippen LogP contribution < -0.4 is 16.0 Å². The zero-order chi connectivity index (χ0) is 23.0. The molecule has 33 heavy (non-hydrogen) atoms. The van der Waals surface area contributed by atoms with Gasteiger partial charge in [0.15, 0.2) is 0 Å². The largest absolute Gasteiger partial charge is 0.352 e. The number of fused-ring (bicyclic) bond motifs is 1. The van der Waals surface area contributed by atoms with Gasteiger partial charge in [-0.15, -0.1) is 0 Å². The van der Waals surface area contributed by atoms with E-state index in [0.717, 1.165) is 10.8 Å². The van der Waals surface area contributed by atoms with E-state index in [9.17, 15) is 14.4 Å². The minimum Gasteiger partial charge on any atom is -0.352 e. The van der Waals surface area contributed by atoms with E-state index in [-0.39, 0.29) is 30.7 Å². The van der Waals surface area contributed by atoms with Crippen molar-refractivity contribution >= 4 is 39.9 Å². The summed E-state index contributed by atoms with van der Waals surface area (Å²) in [7, 11) is 0. The highest BCUT2D eigenvalue weighted by atomic mass is 16.2. The Morgan fingerprint density at radius 2 is 1.42 bits per heavy atom. The highest BCUT2D eigenvalue weighted by Gasteiger charge is 2.10. The van der Waals surface area contributed by atoms with Gasteiger partial charge in [0.25, 0.3) is 11.8 Å². The number of benzene rings is 3. The minimum absolute atomic E-state index is 0.104. The SMILES string of the molecule is O=C(CCNC(=O)c1ccc2ccccc2c1)Nc1cccc(C(=O)Nc2ccncc2)c1. The number of nitrogens with one attached hydrogen (secondary N) is 3. The molecule has 0 atom stereocenters. The number of carbonyl (C=O) groups excluding carboxylic acids is 3. The fraction of sp³-hybridized carbons (Fsp3) is 0.0769. The maximum atomic E-state index is 12.4. The number of aromatic nitrogens is 1. The Morgan fingerprint density at radius 1 is 0.667 bits per heavy atom. The average Bonchev–Trinajstić information content (AvgIpc) is 2.84. The predicted molar refractivity (Wildman–Crippen MR) is 128 cm³/mol. The molecule has 0 unspecified atom stereocenters. The Hall–Kier alpha value is -4.52. The summed E-state index contributed by atoms with van der Waals surface area (Å²) in [4.78, 5) is 41.0. The predicted octanol–water partition coefficient (Wildman–Crippen LogP) is 4.25. The summed E-state index contributed by atoms with van der Waals surface area (Å²) < 4.78 is 0. The van der Waals surface area contributed by atoms with Gasteiger partial charge in [0.2, 0.25) is 5.91 Å². The highest BCUT2D eigenvalue weighted by Crippen LogP contribution is 2.16. The summed E-state index contributed by atoms with van der Waals surface area (Å²) in [6, 6.07) is 23.3. The van der Waals surface area contributed by atoms with Gasteiger partial charge in [-0.25, -0.2) is 0 Å². The number of anilines is 2. The molecular weight excluding hydrogens is 416 g/mol. The number of hydrogen-bond donors (Lipinski definition) is 3. The molecule has 0 radical (unpaired) electrons. The van der Waals surface area contributed by atoms with E-state index < -0.39 is 0 Å². The van der Waals surface area contributed by atoms with Gasteiger partial charge in [-0.05, 0) is 53.2 Å². The second kappa shape index (κ2) is 10.2. The fourth-order valence-corrected chi connectivity index (χ4v) is 3.32. The van der Waals surface area contributed by atoms with Crippen molar-refractivity contribution in [2.45, 2.75) is 6.42 Å². The molecule has 4 rings (SSSR count). The second-order valence-electron chi connectivity index (χ2n) is 7.39. The normalized spacial score (nSPS) is 10.4. The summed E-state index contributed by atoms with van der Waals surface area (Å²) in [6.45, 7) is 0.194. The highest BCUT2D eigenvalue weighted by molar-refractivity contribution is 6.05. The molecule has 7 heteroatoms. The number of rotatable bonds is 7. The number of nitrogens with zero attached hydrogens (tertiary/aromatic N) is 1. The molecule has 0 bridgehead atoms. The Morgan fingerprint density at radius 3 is 2.24 bits per heavy atom. The lowest BCUT2D eigenvalue weighted by molar-refractivity contribution is -0.116. The van der Waals surface area contributed by atoms with Crippen molar-refractivity contribution in [1.82, 2.24) is 10.3 Å². The van der Waals surface area contributed by atoms with Crippen molar-refractivity contribution in [2.75, 3.05) is 17.2 Å². The molecule has 3 aromatic carbocycles. The summed E-state index contributed by atoms with van der Waals surface area (Å²) in [5.41, 5.74) is 2.09. The average molecular weight is 438 g/mol. The van der Waals surface area contributed by atoms with Crippen LogP contribution in [-0.4, -0.2) is 29.3 Å². The molecule has 0 aliphatic rings. The van der Waals surface area contributed by atoms with Gasteiger partial charge in [-0.2, -0.15) is 0 Å². The first-order valence-corrected chi connectivity index (χ1v) is 10.5. The Balaban J connectivity index is 1.28. The van der Waals surface area contributed by atoms with Crippen LogP contribution in [0.4, 0.5) is 11.4 Å². The zero-order valence-electron chi connectivity index (χ0n) is 17.7. The molecule has 4 aromatic rings. The van der Waals surface area contributed by atoms with Crippen LogP contribution in [0, 0.1) is 0 Å². The van der Waals surface area contributed by atoms with E-state index in [1.54, 1.807) is 54.9 Å². The first-order valence-electron chi connectivity index (χ1n) is 10.5. The third kappa shape index (κ3) is 5.80. The Labute approximate surface area is 190 Å². The molecule has 0 spiro atoms. The van der Waals surface area contributed by atoms with Gasteiger partial charge in [0, 0.05) is 47.9 Å².